The maximum absolute atomic E-state index is 10.7. The molecule has 58 valence electrons. The third-order valence-corrected chi connectivity index (χ3v) is 0.687. The van der Waals surface area contributed by atoms with Crippen molar-refractivity contribution in [2.75, 3.05) is 21.1 Å². The number of carbonyl (C=O) groups excluding carboxylic acids is 1. The molecule has 0 radical (unpaired) electrons. The summed E-state index contributed by atoms with van der Waals surface area (Å²) in [5, 5.41) is 0. The lowest BCUT2D eigenvalue weighted by Crippen LogP contribution is -2.36. The Morgan fingerprint density at radius 1 is 1.60 bits per heavy atom. The number of hydrogen-bond donors (Lipinski definition) is 0. The Labute approximate surface area is 61.4 Å². The monoisotopic (exact) mass is 144 g/mol. The molecule has 0 rings (SSSR count). The fourth-order valence-corrected chi connectivity index (χ4v) is 0.461. The summed E-state index contributed by atoms with van der Waals surface area (Å²) in [7, 11) is 5.34. The van der Waals surface area contributed by atoms with Gasteiger partial charge in [0.1, 0.15) is 21.1 Å². The number of carbonyl (C=O) groups is 1. The average molecular weight is 144 g/mol. The SMILES string of the molecule is C=CCC(=O)O[N+](C)(C)C. The van der Waals surface area contributed by atoms with Crippen LogP contribution in [-0.2, 0) is 9.63 Å². The van der Waals surface area contributed by atoms with Crippen molar-refractivity contribution in [2.45, 2.75) is 6.42 Å². The van der Waals surface area contributed by atoms with Crippen LogP contribution in [0.3, 0.4) is 0 Å². The lowest BCUT2D eigenvalue weighted by Gasteiger charge is -2.19. The van der Waals surface area contributed by atoms with Crippen LogP contribution >= 0.6 is 0 Å². The first kappa shape index (κ1) is 9.17. The van der Waals surface area contributed by atoms with E-state index in [2.05, 4.69) is 6.58 Å². The molecule has 0 saturated carbocycles. The molecule has 0 unspecified atom stereocenters. The molecule has 3 heteroatoms. The Morgan fingerprint density at radius 3 is 2.40 bits per heavy atom. The Balaban J connectivity index is 3.68. The van der Waals surface area contributed by atoms with Gasteiger partial charge in [0.2, 0.25) is 0 Å². The van der Waals surface area contributed by atoms with Crippen LogP contribution in [0.5, 0.6) is 0 Å². The maximum atomic E-state index is 10.7. The fourth-order valence-electron chi connectivity index (χ4n) is 0.461. The van der Waals surface area contributed by atoms with Crippen LogP contribution in [0.1, 0.15) is 6.42 Å². The molecule has 0 spiro atoms. The van der Waals surface area contributed by atoms with E-state index in [9.17, 15) is 4.79 Å². The molecule has 0 saturated heterocycles. The second-order valence-electron chi connectivity index (χ2n) is 2.85. The van der Waals surface area contributed by atoms with Gasteiger partial charge in [0, 0.05) is 0 Å². The predicted molar refractivity (Wildman–Crippen MR) is 38.9 cm³/mol. The van der Waals surface area contributed by atoms with Crippen molar-refractivity contribution in [3.8, 4) is 0 Å². The minimum Gasteiger partial charge on any atom is -0.277 e. The Kier molecular flexibility index (Phi) is 3.09. The minimum absolute atomic E-state index is 0.201. The van der Waals surface area contributed by atoms with Crippen LogP contribution in [0.15, 0.2) is 12.7 Å². The van der Waals surface area contributed by atoms with Crippen LogP contribution in [0, 0.1) is 0 Å². The Bertz CT molecular complexity index is 135. The quantitative estimate of drug-likeness (QED) is 0.331. The van der Waals surface area contributed by atoms with Crippen molar-refractivity contribution in [3.05, 3.63) is 12.7 Å². The van der Waals surface area contributed by atoms with Gasteiger partial charge in [-0.25, -0.2) is 4.79 Å². The van der Waals surface area contributed by atoms with Gasteiger partial charge in [-0.05, 0) is 0 Å². The zero-order chi connectivity index (χ0) is 8.20. The van der Waals surface area contributed by atoms with E-state index in [4.69, 9.17) is 4.84 Å². The van der Waals surface area contributed by atoms with Crippen molar-refractivity contribution < 1.29 is 14.3 Å². The number of hydroxylamine groups is 3. The summed E-state index contributed by atoms with van der Waals surface area (Å²) in [5.74, 6) is -0.248. The number of nitrogens with zero attached hydrogens (tertiary/aromatic N) is 1. The normalized spacial score (nSPS) is 10.7. The summed E-state index contributed by atoms with van der Waals surface area (Å²) in [6, 6.07) is 0. The molecule has 0 aliphatic carbocycles. The molecule has 10 heavy (non-hydrogen) atoms. The highest BCUT2D eigenvalue weighted by molar-refractivity contribution is 5.70. The van der Waals surface area contributed by atoms with E-state index in [1.165, 1.54) is 6.08 Å². The summed E-state index contributed by atoms with van der Waals surface area (Å²) in [4.78, 5) is 15.7. The molecule has 0 N–H and O–H groups in total. The molecule has 0 fully saturated rings. The lowest BCUT2D eigenvalue weighted by atomic mass is 10.4. The summed E-state index contributed by atoms with van der Waals surface area (Å²) in [5.41, 5.74) is 0. The first-order valence-electron chi connectivity index (χ1n) is 3.10. The summed E-state index contributed by atoms with van der Waals surface area (Å²) in [6.45, 7) is 3.42. The number of rotatable bonds is 3. The molecule has 0 aliphatic heterocycles. The highest BCUT2D eigenvalue weighted by Gasteiger charge is 2.13. The van der Waals surface area contributed by atoms with Crippen molar-refractivity contribution in [1.82, 2.24) is 0 Å². The van der Waals surface area contributed by atoms with Gasteiger partial charge in [0.25, 0.3) is 0 Å². The molecule has 0 aromatic rings. The molecule has 0 bridgehead atoms. The van der Waals surface area contributed by atoms with Gasteiger partial charge >= 0.3 is 5.97 Å². The van der Waals surface area contributed by atoms with Crippen LogP contribution in [0.4, 0.5) is 0 Å². The van der Waals surface area contributed by atoms with E-state index >= 15 is 0 Å². The molecule has 0 atom stereocenters. The van der Waals surface area contributed by atoms with E-state index in [1.807, 2.05) is 0 Å². The smallest absolute Gasteiger partial charge is 0.277 e. The van der Waals surface area contributed by atoms with Gasteiger partial charge in [-0.15, -0.1) is 11.2 Å². The van der Waals surface area contributed by atoms with E-state index in [0.29, 0.717) is 0 Å². The third-order valence-electron chi connectivity index (χ3n) is 0.687. The van der Waals surface area contributed by atoms with E-state index in [0.717, 1.165) is 0 Å². The predicted octanol–water partition coefficient (Wildman–Crippen LogP) is 0.727. The molecule has 0 aromatic carbocycles. The largest absolute Gasteiger partial charge is 0.370 e. The van der Waals surface area contributed by atoms with Crippen LogP contribution in [-0.4, -0.2) is 31.8 Å². The molecule has 0 aromatic heterocycles. The Hall–Kier alpha value is -0.830. The van der Waals surface area contributed by atoms with Crippen molar-refractivity contribution in [1.29, 1.82) is 0 Å². The van der Waals surface area contributed by atoms with Crippen molar-refractivity contribution >= 4 is 5.97 Å². The zero-order valence-corrected chi connectivity index (χ0v) is 6.76. The molecule has 0 heterocycles. The average Bonchev–Trinajstić information content (AvgIpc) is 1.59. The minimum atomic E-state index is -0.248. The first-order chi connectivity index (χ1) is 4.45. The second-order valence-corrected chi connectivity index (χ2v) is 2.85. The topological polar surface area (TPSA) is 26.3 Å². The van der Waals surface area contributed by atoms with E-state index in [-0.39, 0.29) is 17.0 Å². The summed E-state index contributed by atoms with van der Waals surface area (Å²) in [6.07, 6.45) is 1.80. The Morgan fingerprint density at radius 2 is 2.10 bits per heavy atom. The zero-order valence-electron chi connectivity index (χ0n) is 6.76. The van der Waals surface area contributed by atoms with Crippen molar-refractivity contribution in [2.24, 2.45) is 0 Å². The van der Waals surface area contributed by atoms with Crippen LogP contribution in [0.2, 0.25) is 0 Å². The molecular weight excluding hydrogens is 130 g/mol. The number of quaternary nitrogens is 1. The number of hydrogen-bond acceptors (Lipinski definition) is 2. The van der Waals surface area contributed by atoms with E-state index < -0.39 is 0 Å². The second kappa shape index (κ2) is 3.37. The van der Waals surface area contributed by atoms with Crippen molar-refractivity contribution in [3.63, 3.8) is 0 Å². The van der Waals surface area contributed by atoms with E-state index in [1.54, 1.807) is 21.1 Å². The summed E-state index contributed by atoms with van der Waals surface area (Å²) >= 11 is 0. The van der Waals surface area contributed by atoms with Crippen LogP contribution < -0.4 is 0 Å². The maximum Gasteiger partial charge on any atom is 0.370 e. The third kappa shape index (κ3) is 5.31. The molecule has 0 amide bonds. The molecule has 0 aliphatic rings. The van der Waals surface area contributed by atoms with Gasteiger partial charge in [-0.3, -0.25) is 4.84 Å². The van der Waals surface area contributed by atoms with Gasteiger partial charge < -0.3 is 0 Å². The van der Waals surface area contributed by atoms with Gasteiger partial charge in [-0.1, -0.05) is 6.08 Å². The van der Waals surface area contributed by atoms with Gasteiger partial charge in [0.15, 0.2) is 0 Å². The summed E-state index contributed by atoms with van der Waals surface area (Å²) < 4.78 is 0.201. The molecular formula is C7H14NO2+. The van der Waals surface area contributed by atoms with Gasteiger partial charge in [-0.2, -0.15) is 0 Å². The fraction of sp³-hybridized carbons (Fsp3) is 0.571. The lowest BCUT2D eigenvalue weighted by molar-refractivity contribution is -1.04. The first-order valence-corrected chi connectivity index (χ1v) is 3.10. The standard InChI is InChI=1S/C7H14NO2/c1-5-6-7(9)10-8(2,3)4/h5H,1,6H2,2-4H3/q+1. The highest BCUT2D eigenvalue weighted by atomic mass is 16.7. The highest BCUT2D eigenvalue weighted by Crippen LogP contribution is 1.95. The molecule has 3 nitrogen and oxygen atoms in total. The van der Waals surface area contributed by atoms with Gasteiger partial charge in [0.05, 0.1) is 6.42 Å². The van der Waals surface area contributed by atoms with Crippen LogP contribution in [0.25, 0.3) is 0 Å².